The van der Waals surface area contributed by atoms with E-state index in [1.54, 1.807) is 18.2 Å². The molecule has 2 aromatic carbocycles. The molecule has 9 heteroatoms. The summed E-state index contributed by atoms with van der Waals surface area (Å²) in [5.41, 5.74) is 2.63. The first-order valence-electron chi connectivity index (χ1n) is 9.08. The summed E-state index contributed by atoms with van der Waals surface area (Å²) in [5.74, 6) is 1.27. The van der Waals surface area contributed by atoms with Crippen LogP contribution in [-0.4, -0.2) is 47.1 Å². The van der Waals surface area contributed by atoms with E-state index in [0.717, 1.165) is 21.9 Å². The van der Waals surface area contributed by atoms with Crippen molar-refractivity contribution >= 4 is 21.6 Å². The van der Waals surface area contributed by atoms with Gasteiger partial charge in [0, 0.05) is 6.07 Å². The molecule has 29 heavy (non-hydrogen) atoms. The average molecular weight is 420 g/mol. The summed E-state index contributed by atoms with van der Waals surface area (Å²) in [4.78, 5) is 12.3. The zero-order valence-electron chi connectivity index (χ0n) is 16.6. The summed E-state index contributed by atoms with van der Waals surface area (Å²) in [5, 5.41) is 2.68. The second-order valence-corrected chi connectivity index (χ2v) is 8.66. The minimum absolute atomic E-state index is 0.0820. The third-order valence-electron chi connectivity index (χ3n) is 4.50. The van der Waals surface area contributed by atoms with Crippen LogP contribution in [0.25, 0.3) is 0 Å². The Balaban J connectivity index is 1.56. The number of carbonyl (C=O) groups is 1. The Labute approximate surface area is 170 Å². The number of benzene rings is 2. The molecule has 0 spiro atoms. The van der Waals surface area contributed by atoms with Crippen LogP contribution in [0, 0.1) is 13.8 Å². The van der Waals surface area contributed by atoms with Crippen LogP contribution < -0.4 is 23.8 Å². The highest BCUT2D eigenvalue weighted by atomic mass is 32.2. The van der Waals surface area contributed by atoms with Gasteiger partial charge in [-0.15, -0.1) is 0 Å². The zero-order chi connectivity index (χ0) is 21.0. The molecule has 1 amide bonds. The molecule has 0 unspecified atom stereocenters. The molecule has 156 valence electrons. The standard InChI is InChI=1S/C20H24N2O6S/c1-14-4-6-17(10-15(14)2)26-9-8-21-20(23)12-22(29(3,24)25)16-5-7-18-19(11-16)28-13-27-18/h4-7,10-11H,8-9,12-13H2,1-3H3,(H,21,23). The number of ether oxygens (including phenoxy) is 3. The van der Waals surface area contributed by atoms with Crippen molar-refractivity contribution in [1.82, 2.24) is 5.32 Å². The molecular weight excluding hydrogens is 396 g/mol. The Morgan fingerprint density at radius 3 is 2.59 bits per heavy atom. The normalized spacial score (nSPS) is 12.5. The Bertz CT molecular complexity index is 1010. The lowest BCUT2D eigenvalue weighted by atomic mass is 10.1. The summed E-state index contributed by atoms with van der Waals surface area (Å²) in [7, 11) is -3.67. The fourth-order valence-corrected chi connectivity index (χ4v) is 3.64. The van der Waals surface area contributed by atoms with Crippen molar-refractivity contribution < 1.29 is 27.4 Å². The Kier molecular flexibility index (Phi) is 6.17. The number of nitrogens with zero attached hydrogens (tertiary/aromatic N) is 1. The SMILES string of the molecule is Cc1ccc(OCCNC(=O)CN(c2ccc3c(c2)OCO3)S(C)(=O)=O)cc1C. The zero-order valence-corrected chi connectivity index (χ0v) is 17.4. The van der Waals surface area contributed by atoms with Crippen LogP contribution in [0.2, 0.25) is 0 Å². The van der Waals surface area contributed by atoms with Crippen LogP contribution >= 0.6 is 0 Å². The molecule has 2 aromatic rings. The number of hydrogen-bond acceptors (Lipinski definition) is 6. The van der Waals surface area contributed by atoms with E-state index >= 15 is 0 Å². The van der Waals surface area contributed by atoms with E-state index in [-0.39, 0.29) is 26.5 Å². The van der Waals surface area contributed by atoms with E-state index in [1.807, 2.05) is 32.0 Å². The van der Waals surface area contributed by atoms with Gasteiger partial charge < -0.3 is 19.5 Å². The smallest absolute Gasteiger partial charge is 0.240 e. The quantitative estimate of drug-likeness (QED) is 0.657. The van der Waals surface area contributed by atoms with Crippen LogP contribution in [0.4, 0.5) is 5.69 Å². The van der Waals surface area contributed by atoms with E-state index in [2.05, 4.69) is 5.32 Å². The maximum atomic E-state index is 12.3. The number of fused-ring (bicyclic) bond motifs is 1. The lowest BCUT2D eigenvalue weighted by molar-refractivity contribution is -0.119. The number of carbonyl (C=O) groups excluding carboxylic acids is 1. The van der Waals surface area contributed by atoms with Crippen LogP contribution in [0.3, 0.4) is 0 Å². The maximum Gasteiger partial charge on any atom is 0.240 e. The summed E-state index contributed by atoms with van der Waals surface area (Å²) < 4.78 is 41.5. The molecule has 0 radical (unpaired) electrons. The van der Waals surface area contributed by atoms with Gasteiger partial charge in [0.05, 0.1) is 18.5 Å². The number of sulfonamides is 1. The van der Waals surface area contributed by atoms with E-state index in [9.17, 15) is 13.2 Å². The van der Waals surface area contributed by atoms with Crippen molar-refractivity contribution in [1.29, 1.82) is 0 Å². The number of hydrogen-bond donors (Lipinski definition) is 1. The third-order valence-corrected chi connectivity index (χ3v) is 5.64. The first-order chi connectivity index (χ1) is 13.7. The second-order valence-electron chi connectivity index (χ2n) is 6.75. The molecular formula is C20H24N2O6S. The molecule has 0 atom stereocenters. The van der Waals surface area contributed by atoms with Gasteiger partial charge >= 0.3 is 0 Å². The van der Waals surface area contributed by atoms with Gasteiger partial charge in [-0.2, -0.15) is 0 Å². The first kappa shape index (κ1) is 20.8. The summed E-state index contributed by atoms with van der Waals surface area (Å²) in [6.07, 6.45) is 1.05. The molecule has 0 saturated heterocycles. The Hall–Kier alpha value is -2.94. The summed E-state index contributed by atoms with van der Waals surface area (Å²) in [6, 6.07) is 10.5. The van der Waals surface area contributed by atoms with Gasteiger partial charge in [-0.3, -0.25) is 9.10 Å². The highest BCUT2D eigenvalue weighted by Gasteiger charge is 2.23. The summed E-state index contributed by atoms with van der Waals surface area (Å²) >= 11 is 0. The molecule has 3 rings (SSSR count). The summed E-state index contributed by atoms with van der Waals surface area (Å²) in [6.45, 7) is 4.29. The fourth-order valence-electron chi connectivity index (χ4n) is 2.79. The van der Waals surface area contributed by atoms with Gasteiger partial charge in [-0.25, -0.2) is 8.42 Å². The largest absolute Gasteiger partial charge is 0.492 e. The van der Waals surface area contributed by atoms with Crippen LogP contribution in [0.5, 0.6) is 17.2 Å². The topological polar surface area (TPSA) is 94.2 Å². The molecule has 1 N–H and O–H groups in total. The molecule has 8 nitrogen and oxygen atoms in total. The fraction of sp³-hybridized carbons (Fsp3) is 0.350. The Morgan fingerprint density at radius 2 is 1.86 bits per heavy atom. The molecule has 0 fully saturated rings. The Morgan fingerprint density at radius 1 is 1.10 bits per heavy atom. The molecule has 0 aliphatic carbocycles. The molecule has 1 aliphatic rings. The number of rotatable bonds is 8. The van der Waals surface area contributed by atoms with Crippen LogP contribution in [0.15, 0.2) is 36.4 Å². The minimum Gasteiger partial charge on any atom is -0.492 e. The lowest BCUT2D eigenvalue weighted by Gasteiger charge is -2.22. The van der Waals surface area contributed by atoms with Gasteiger partial charge in [0.2, 0.25) is 22.7 Å². The third kappa shape index (κ3) is 5.32. The highest BCUT2D eigenvalue weighted by Crippen LogP contribution is 2.36. The predicted octanol–water partition coefficient (Wildman–Crippen LogP) is 1.99. The van der Waals surface area contributed by atoms with Gasteiger partial charge in [0.25, 0.3) is 0 Å². The number of aryl methyl sites for hydroxylation is 2. The number of amides is 1. The molecule has 1 heterocycles. The van der Waals surface area contributed by atoms with Crippen molar-refractivity contribution in [2.24, 2.45) is 0 Å². The van der Waals surface area contributed by atoms with Crippen molar-refractivity contribution in [3.63, 3.8) is 0 Å². The van der Waals surface area contributed by atoms with Crippen molar-refractivity contribution in [3.8, 4) is 17.2 Å². The number of anilines is 1. The van der Waals surface area contributed by atoms with Gasteiger partial charge in [0.1, 0.15) is 18.9 Å². The molecule has 1 aliphatic heterocycles. The van der Waals surface area contributed by atoms with Gasteiger partial charge in [-0.1, -0.05) is 6.07 Å². The van der Waals surface area contributed by atoms with E-state index in [4.69, 9.17) is 14.2 Å². The molecule has 0 bridgehead atoms. The molecule has 0 saturated carbocycles. The minimum atomic E-state index is -3.67. The van der Waals surface area contributed by atoms with Crippen molar-refractivity contribution in [3.05, 3.63) is 47.5 Å². The monoisotopic (exact) mass is 420 g/mol. The predicted molar refractivity (Wildman–Crippen MR) is 109 cm³/mol. The van der Waals surface area contributed by atoms with E-state index in [1.165, 1.54) is 5.56 Å². The first-order valence-corrected chi connectivity index (χ1v) is 10.9. The van der Waals surface area contributed by atoms with Crippen LogP contribution in [0.1, 0.15) is 11.1 Å². The highest BCUT2D eigenvalue weighted by molar-refractivity contribution is 7.92. The van der Waals surface area contributed by atoms with Crippen LogP contribution in [-0.2, 0) is 14.8 Å². The number of nitrogens with one attached hydrogen (secondary N) is 1. The van der Waals surface area contributed by atoms with Crippen molar-refractivity contribution in [2.75, 3.05) is 37.1 Å². The maximum absolute atomic E-state index is 12.3. The average Bonchev–Trinajstić information content (AvgIpc) is 3.13. The lowest BCUT2D eigenvalue weighted by Crippen LogP contribution is -2.41. The molecule has 0 aromatic heterocycles. The van der Waals surface area contributed by atoms with E-state index in [0.29, 0.717) is 17.2 Å². The van der Waals surface area contributed by atoms with Gasteiger partial charge in [0.15, 0.2) is 11.5 Å². The van der Waals surface area contributed by atoms with E-state index < -0.39 is 15.9 Å². The van der Waals surface area contributed by atoms with Gasteiger partial charge in [-0.05, 0) is 49.2 Å². The second kappa shape index (κ2) is 8.60. The van der Waals surface area contributed by atoms with Crippen molar-refractivity contribution in [2.45, 2.75) is 13.8 Å².